The minimum Gasteiger partial charge on any atom is -0.378 e. The van der Waals surface area contributed by atoms with E-state index in [4.69, 9.17) is 4.74 Å². The summed E-state index contributed by atoms with van der Waals surface area (Å²) in [5.74, 6) is 0.493. The van der Waals surface area contributed by atoms with Gasteiger partial charge in [-0.1, -0.05) is 12.1 Å². The van der Waals surface area contributed by atoms with Crippen molar-refractivity contribution in [2.24, 2.45) is 0 Å². The summed E-state index contributed by atoms with van der Waals surface area (Å²) in [6, 6.07) is 5.83. The molecule has 2 aromatic heterocycles. The van der Waals surface area contributed by atoms with Gasteiger partial charge in [-0.25, -0.2) is 0 Å². The smallest absolute Gasteiger partial charge is 0.378 e. The third-order valence-corrected chi connectivity index (χ3v) is 5.65. The van der Waals surface area contributed by atoms with Gasteiger partial charge < -0.3 is 15.0 Å². The highest BCUT2D eigenvalue weighted by Crippen LogP contribution is 2.35. The Hall–Kier alpha value is -2.94. The minimum absolute atomic E-state index is 0.200. The van der Waals surface area contributed by atoms with Gasteiger partial charge in [0.2, 0.25) is 0 Å². The summed E-state index contributed by atoms with van der Waals surface area (Å²) in [7, 11) is 0. The lowest BCUT2D eigenvalue weighted by Crippen LogP contribution is -2.36. The van der Waals surface area contributed by atoms with Crippen LogP contribution in [0, 0.1) is 13.8 Å². The van der Waals surface area contributed by atoms with E-state index < -0.39 is 17.8 Å². The van der Waals surface area contributed by atoms with Gasteiger partial charge in [0.1, 0.15) is 0 Å². The molecule has 3 heterocycles. The number of fused-ring (bicyclic) bond motifs is 1. The van der Waals surface area contributed by atoms with E-state index in [9.17, 15) is 13.2 Å². The van der Waals surface area contributed by atoms with Gasteiger partial charge in [0, 0.05) is 18.5 Å². The monoisotopic (exact) mass is 431 g/mol. The number of nitrogens with one attached hydrogen (secondary N) is 1. The maximum atomic E-state index is 13.3. The number of anilines is 2. The third-order valence-electron chi connectivity index (χ3n) is 5.65. The quantitative estimate of drug-likeness (QED) is 0.648. The number of pyridine rings is 1. The van der Waals surface area contributed by atoms with E-state index in [-0.39, 0.29) is 5.56 Å². The lowest BCUT2D eigenvalue weighted by Gasteiger charge is -2.29. The van der Waals surface area contributed by atoms with Gasteiger partial charge in [-0.05, 0) is 44.0 Å². The van der Waals surface area contributed by atoms with E-state index in [0.717, 1.165) is 30.2 Å². The zero-order valence-corrected chi connectivity index (χ0v) is 17.6. The third kappa shape index (κ3) is 4.27. The lowest BCUT2D eigenvalue weighted by atomic mass is 9.97. The maximum Gasteiger partial charge on any atom is 0.416 e. The summed E-state index contributed by atoms with van der Waals surface area (Å²) in [5.41, 5.74) is 2.48. The molecule has 1 aromatic carbocycles. The van der Waals surface area contributed by atoms with Gasteiger partial charge in [-0.15, -0.1) is 5.10 Å². The first-order valence-electron chi connectivity index (χ1n) is 10.1. The van der Waals surface area contributed by atoms with Crippen molar-refractivity contribution in [3.63, 3.8) is 0 Å². The Labute approximate surface area is 178 Å². The van der Waals surface area contributed by atoms with Gasteiger partial charge in [-0.3, -0.25) is 4.98 Å². The Balaban J connectivity index is 1.70. The first kappa shape index (κ1) is 21.3. The zero-order chi connectivity index (χ0) is 22.2. The molecule has 0 amide bonds. The number of aryl methyl sites for hydroxylation is 1. The number of halogens is 3. The maximum absolute atomic E-state index is 13.3. The molecule has 0 bridgehead atoms. The molecule has 164 valence electrons. The summed E-state index contributed by atoms with van der Waals surface area (Å²) in [4.78, 5) is 6.78. The molecule has 1 aliphatic rings. The summed E-state index contributed by atoms with van der Waals surface area (Å²) < 4.78 is 45.4. The molecule has 1 saturated heterocycles. The van der Waals surface area contributed by atoms with Crippen LogP contribution < -0.4 is 10.2 Å². The van der Waals surface area contributed by atoms with Crippen molar-refractivity contribution in [3.05, 3.63) is 52.8 Å². The Morgan fingerprint density at radius 3 is 2.58 bits per heavy atom. The molecule has 0 radical (unpaired) electrons. The highest BCUT2D eigenvalue weighted by atomic mass is 19.4. The highest BCUT2D eigenvalue weighted by molar-refractivity contribution is 5.92. The number of morpholine rings is 1. The van der Waals surface area contributed by atoms with Crippen molar-refractivity contribution in [1.82, 2.24) is 15.2 Å². The van der Waals surface area contributed by atoms with Crippen LogP contribution in [-0.2, 0) is 10.9 Å². The van der Waals surface area contributed by atoms with Crippen LogP contribution in [0.1, 0.15) is 35.3 Å². The normalized spacial score (nSPS) is 15.9. The number of benzene rings is 1. The highest BCUT2D eigenvalue weighted by Gasteiger charge is 2.33. The van der Waals surface area contributed by atoms with Crippen molar-refractivity contribution < 1.29 is 17.9 Å². The largest absolute Gasteiger partial charge is 0.416 e. The average Bonchev–Trinajstić information content (AvgIpc) is 2.75. The Morgan fingerprint density at radius 1 is 1.13 bits per heavy atom. The molecular weight excluding hydrogens is 407 g/mol. The number of ether oxygens (including phenoxy) is 1. The first-order chi connectivity index (χ1) is 14.8. The van der Waals surface area contributed by atoms with E-state index >= 15 is 0 Å². The molecule has 6 nitrogen and oxygen atoms in total. The predicted molar refractivity (Wildman–Crippen MR) is 113 cm³/mol. The van der Waals surface area contributed by atoms with Crippen LogP contribution in [0.15, 0.2) is 30.5 Å². The summed E-state index contributed by atoms with van der Waals surface area (Å²) in [5, 5.41) is 12.5. The van der Waals surface area contributed by atoms with E-state index in [1.807, 2.05) is 26.1 Å². The molecular formula is C22H24F3N5O. The molecule has 4 rings (SSSR count). The van der Waals surface area contributed by atoms with Gasteiger partial charge >= 0.3 is 6.18 Å². The fourth-order valence-electron chi connectivity index (χ4n) is 3.96. The second-order valence-electron chi connectivity index (χ2n) is 7.71. The van der Waals surface area contributed by atoms with Crippen molar-refractivity contribution in [3.8, 4) is 0 Å². The topological polar surface area (TPSA) is 63.2 Å². The van der Waals surface area contributed by atoms with Crippen molar-refractivity contribution >= 4 is 22.4 Å². The van der Waals surface area contributed by atoms with E-state index in [1.54, 1.807) is 6.07 Å². The summed E-state index contributed by atoms with van der Waals surface area (Å²) in [6.45, 7) is 8.00. The number of hydrogen-bond donors (Lipinski definition) is 1. The number of alkyl halides is 3. The Bertz CT molecular complexity index is 1100. The number of hydrogen-bond acceptors (Lipinski definition) is 6. The molecule has 1 aliphatic heterocycles. The van der Waals surface area contributed by atoms with Crippen LogP contribution in [0.2, 0.25) is 0 Å². The molecule has 0 saturated carbocycles. The lowest BCUT2D eigenvalue weighted by molar-refractivity contribution is -0.138. The van der Waals surface area contributed by atoms with Crippen molar-refractivity contribution in [2.75, 3.05) is 36.5 Å². The average molecular weight is 431 g/mol. The molecule has 0 aliphatic carbocycles. The molecule has 0 spiro atoms. The molecule has 31 heavy (non-hydrogen) atoms. The fraction of sp³-hybridized carbons (Fsp3) is 0.409. The number of rotatable bonds is 4. The molecule has 9 heteroatoms. The molecule has 1 fully saturated rings. The first-order valence-corrected chi connectivity index (χ1v) is 10.1. The van der Waals surface area contributed by atoms with E-state index in [1.165, 1.54) is 13.0 Å². The predicted octanol–water partition coefficient (Wildman–Crippen LogP) is 4.67. The van der Waals surface area contributed by atoms with Crippen LogP contribution in [0.5, 0.6) is 0 Å². The van der Waals surface area contributed by atoms with E-state index in [0.29, 0.717) is 35.8 Å². The van der Waals surface area contributed by atoms with Crippen LogP contribution in [0.25, 0.3) is 10.9 Å². The molecule has 3 aromatic rings. The van der Waals surface area contributed by atoms with Crippen LogP contribution >= 0.6 is 0 Å². The standard InChI is InChI=1S/C22H24F3N5O/c1-13-17(5-4-6-19(13)22(23,24)25)14(2)27-21-18-11-16(30-7-9-31-10-8-30)12-26-20(18)15(3)28-29-21/h4-6,11-12,14H,7-10H2,1-3H3,(H,27,29). The second kappa shape index (κ2) is 8.30. The SMILES string of the molecule is Cc1c(C(C)Nc2nnc(C)c3ncc(N4CCOCC4)cc23)cccc1C(F)(F)F. The van der Waals surface area contributed by atoms with Gasteiger partial charge in [0.05, 0.1) is 47.9 Å². The van der Waals surface area contributed by atoms with Gasteiger partial charge in [-0.2, -0.15) is 18.3 Å². The summed E-state index contributed by atoms with van der Waals surface area (Å²) >= 11 is 0. The molecule has 1 N–H and O–H groups in total. The number of nitrogens with zero attached hydrogens (tertiary/aromatic N) is 4. The molecule has 1 unspecified atom stereocenters. The summed E-state index contributed by atoms with van der Waals surface area (Å²) in [6.07, 6.45) is -2.58. The van der Waals surface area contributed by atoms with Gasteiger partial charge in [0.25, 0.3) is 0 Å². The van der Waals surface area contributed by atoms with Crippen molar-refractivity contribution in [2.45, 2.75) is 33.0 Å². The minimum atomic E-state index is -4.40. The second-order valence-corrected chi connectivity index (χ2v) is 7.71. The van der Waals surface area contributed by atoms with Crippen LogP contribution in [-0.4, -0.2) is 41.5 Å². The fourth-order valence-corrected chi connectivity index (χ4v) is 3.96. The van der Waals surface area contributed by atoms with Crippen LogP contribution in [0.4, 0.5) is 24.7 Å². The number of aromatic nitrogens is 3. The Morgan fingerprint density at radius 2 is 1.87 bits per heavy atom. The zero-order valence-electron chi connectivity index (χ0n) is 17.6. The van der Waals surface area contributed by atoms with Crippen LogP contribution in [0.3, 0.4) is 0 Å². The molecule has 1 atom stereocenters. The Kier molecular flexibility index (Phi) is 5.70. The van der Waals surface area contributed by atoms with E-state index in [2.05, 4.69) is 25.4 Å². The van der Waals surface area contributed by atoms with Gasteiger partial charge in [0.15, 0.2) is 5.82 Å². The van der Waals surface area contributed by atoms with Crippen molar-refractivity contribution in [1.29, 1.82) is 0 Å².